The second-order valence-corrected chi connectivity index (χ2v) is 6.55. The zero-order valence-electron chi connectivity index (χ0n) is 13.6. The van der Waals surface area contributed by atoms with Gasteiger partial charge in [0.15, 0.2) is 0 Å². The summed E-state index contributed by atoms with van der Waals surface area (Å²) in [5, 5.41) is 0. The summed E-state index contributed by atoms with van der Waals surface area (Å²) in [5.74, 6) is 2.64. The Morgan fingerprint density at radius 2 is 2.05 bits per heavy atom. The Morgan fingerprint density at radius 1 is 1.19 bits per heavy atom. The van der Waals surface area contributed by atoms with Gasteiger partial charge in [-0.1, -0.05) is 33.1 Å². The summed E-state index contributed by atoms with van der Waals surface area (Å²) < 4.78 is 0. The fourth-order valence-corrected chi connectivity index (χ4v) is 3.50. The Hall–Kier alpha value is -0.760. The first-order valence-electron chi connectivity index (χ1n) is 8.57. The molecule has 0 radical (unpaired) electrons. The molecule has 0 aromatic carbocycles. The van der Waals surface area contributed by atoms with Gasteiger partial charge in [0.1, 0.15) is 5.82 Å². The van der Waals surface area contributed by atoms with Crippen molar-refractivity contribution in [1.29, 1.82) is 0 Å². The maximum atomic E-state index is 6.06. The molecule has 0 saturated carbocycles. The predicted octanol–water partition coefficient (Wildman–Crippen LogP) is 5.18. The Kier molecular flexibility index (Phi) is 6.82. The number of nitrogens with zero attached hydrogens (tertiary/aromatic N) is 2. The van der Waals surface area contributed by atoms with E-state index in [1.165, 1.54) is 43.4 Å². The number of alkyl halides is 1. The Morgan fingerprint density at radius 3 is 2.76 bits per heavy atom. The minimum atomic E-state index is 0.582. The van der Waals surface area contributed by atoms with E-state index < -0.39 is 0 Å². The van der Waals surface area contributed by atoms with Gasteiger partial charge in [0.2, 0.25) is 0 Å². The second kappa shape index (κ2) is 8.63. The van der Waals surface area contributed by atoms with Crippen LogP contribution in [0.1, 0.15) is 63.6 Å². The SMILES string of the molecule is CCCc1cc(CCl)cc(N2CCCC(CCC)CC2)n1. The summed E-state index contributed by atoms with van der Waals surface area (Å²) in [6, 6.07) is 4.35. The molecule has 3 heteroatoms. The molecule has 0 N–H and O–H groups in total. The van der Waals surface area contributed by atoms with E-state index in [0.29, 0.717) is 5.88 Å². The van der Waals surface area contributed by atoms with Crippen molar-refractivity contribution in [2.45, 2.75) is 64.7 Å². The van der Waals surface area contributed by atoms with Crippen molar-refractivity contribution in [2.75, 3.05) is 18.0 Å². The highest BCUT2D eigenvalue weighted by Gasteiger charge is 2.18. The van der Waals surface area contributed by atoms with Crippen molar-refractivity contribution in [3.05, 3.63) is 23.4 Å². The van der Waals surface area contributed by atoms with E-state index in [1.54, 1.807) is 0 Å². The van der Waals surface area contributed by atoms with Gasteiger partial charge in [-0.25, -0.2) is 4.98 Å². The van der Waals surface area contributed by atoms with Gasteiger partial charge < -0.3 is 4.90 Å². The molecule has 1 aromatic rings. The Balaban J connectivity index is 2.11. The molecule has 1 saturated heterocycles. The maximum Gasteiger partial charge on any atom is 0.129 e. The quantitative estimate of drug-likeness (QED) is 0.673. The lowest BCUT2D eigenvalue weighted by Gasteiger charge is -2.23. The van der Waals surface area contributed by atoms with Crippen LogP contribution in [0.2, 0.25) is 0 Å². The van der Waals surface area contributed by atoms with Crippen molar-refractivity contribution in [2.24, 2.45) is 5.92 Å². The van der Waals surface area contributed by atoms with E-state index >= 15 is 0 Å². The van der Waals surface area contributed by atoms with Gasteiger partial charge >= 0.3 is 0 Å². The first-order chi connectivity index (χ1) is 10.3. The molecule has 2 rings (SSSR count). The van der Waals surface area contributed by atoms with E-state index in [-0.39, 0.29) is 0 Å². The third-order valence-electron chi connectivity index (χ3n) is 4.45. The Labute approximate surface area is 134 Å². The summed E-state index contributed by atoms with van der Waals surface area (Å²) in [5.41, 5.74) is 2.40. The Bertz CT molecular complexity index is 433. The number of pyridine rings is 1. The van der Waals surface area contributed by atoms with Crippen LogP contribution >= 0.6 is 11.6 Å². The summed E-state index contributed by atoms with van der Waals surface area (Å²) in [7, 11) is 0. The van der Waals surface area contributed by atoms with Gasteiger partial charge in [0, 0.05) is 24.7 Å². The number of aryl methyl sites for hydroxylation is 1. The normalized spacial score (nSPS) is 19.6. The van der Waals surface area contributed by atoms with E-state index in [9.17, 15) is 0 Å². The molecule has 0 aliphatic carbocycles. The molecule has 1 aliphatic heterocycles. The molecule has 0 spiro atoms. The molecular weight excluding hydrogens is 280 g/mol. The molecule has 2 heterocycles. The molecule has 1 unspecified atom stereocenters. The van der Waals surface area contributed by atoms with Crippen LogP contribution in [0.3, 0.4) is 0 Å². The number of halogens is 1. The second-order valence-electron chi connectivity index (χ2n) is 6.28. The zero-order valence-corrected chi connectivity index (χ0v) is 14.3. The van der Waals surface area contributed by atoms with Crippen LogP contribution in [-0.4, -0.2) is 18.1 Å². The fraction of sp³-hybridized carbons (Fsp3) is 0.722. The van der Waals surface area contributed by atoms with E-state index in [0.717, 1.165) is 37.7 Å². The molecule has 0 amide bonds. The lowest BCUT2D eigenvalue weighted by molar-refractivity contribution is 0.435. The average molecular weight is 309 g/mol. The fourth-order valence-electron chi connectivity index (χ4n) is 3.35. The number of anilines is 1. The van der Waals surface area contributed by atoms with Crippen LogP contribution in [0.15, 0.2) is 12.1 Å². The molecule has 1 fully saturated rings. The van der Waals surface area contributed by atoms with Gasteiger partial charge in [-0.3, -0.25) is 0 Å². The summed E-state index contributed by atoms with van der Waals surface area (Å²) in [6.45, 7) is 6.79. The maximum absolute atomic E-state index is 6.06. The lowest BCUT2D eigenvalue weighted by atomic mass is 9.96. The predicted molar refractivity (Wildman–Crippen MR) is 92.3 cm³/mol. The van der Waals surface area contributed by atoms with Crippen LogP contribution in [-0.2, 0) is 12.3 Å². The van der Waals surface area contributed by atoms with Crippen LogP contribution in [0.25, 0.3) is 0 Å². The average Bonchev–Trinajstić information content (AvgIpc) is 2.73. The van der Waals surface area contributed by atoms with Crippen LogP contribution in [0, 0.1) is 5.92 Å². The van der Waals surface area contributed by atoms with Gasteiger partial charge in [0.05, 0.1) is 0 Å². The standard InChI is InChI=1S/C18H29ClN2/c1-3-6-15-8-5-10-21(11-9-15)18-13-16(14-19)12-17(20-18)7-4-2/h12-13,15H,3-11,14H2,1-2H3. The van der Waals surface area contributed by atoms with E-state index in [4.69, 9.17) is 16.6 Å². The van der Waals surface area contributed by atoms with Crippen molar-refractivity contribution in [1.82, 2.24) is 4.98 Å². The molecule has 1 atom stereocenters. The summed E-state index contributed by atoms with van der Waals surface area (Å²) in [4.78, 5) is 7.35. The molecule has 0 bridgehead atoms. The number of aromatic nitrogens is 1. The van der Waals surface area contributed by atoms with Crippen molar-refractivity contribution in [3.8, 4) is 0 Å². The summed E-state index contributed by atoms with van der Waals surface area (Å²) in [6.07, 6.45) is 8.85. The number of rotatable bonds is 6. The molecule has 1 aromatic heterocycles. The van der Waals surface area contributed by atoms with Crippen molar-refractivity contribution in [3.63, 3.8) is 0 Å². The molecule has 118 valence electrons. The van der Waals surface area contributed by atoms with Crippen molar-refractivity contribution >= 4 is 17.4 Å². The highest BCUT2D eigenvalue weighted by atomic mass is 35.5. The minimum absolute atomic E-state index is 0.582. The first kappa shape index (κ1) is 16.6. The number of hydrogen-bond acceptors (Lipinski definition) is 2. The molecule has 1 aliphatic rings. The van der Waals surface area contributed by atoms with Crippen LogP contribution < -0.4 is 4.90 Å². The molecular formula is C18H29ClN2. The highest BCUT2D eigenvalue weighted by molar-refractivity contribution is 6.17. The van der Waals surface area contributed by atoms with Gasteiger partial charge in [-0.05, 0) is 49.3 Å². The summed E-state index contributed by atoms with van der Waals surface area (Å²) >= 11 is 6.06. The minimum Gasteiger partial charge on any atom is -0.357 e. The third-order valence-corrected chi connectivity index (χ3v) is 4.76. The van der Waals surface area contributed by atoms with E-state index in [2.05, 4.69) is 30.9 Å². The zero-order chi connectivity index (χ0) is 15.1. The highest BCUT2D eigenvalue weighted by Crippen LogP contribution is 2.26. The largest absolute Gasteiger partial charge is 0.357 e. The van der Waals surface area contributed by atoms with E-state index in [1.807, 2.05) is 0 Å². The monoisotopic (exact) mass is 308 g/mol. The topological polar surface area (TPSA) is 16.1 Å². The van der Waals surface area contributed by atoms with Crippen molar-refractivity contribution < 1.29 is 0 Å². The number of hydrogen-bond donors (Lipinski definition) is 0. The third kappa shape index (κ3) is 4.88. The molecule has 2 nitrogen and oxygen atoms in total. The lowest BCUT2D eigenvalue weighted by Crippen LogP contribution is -2.25. The smallest absolute Gasteiger partial charge is 0.129 e. The first-order valence-corrected chi connectivity index (χ1v) is 9.11. The van der Waals surface area contributed by atoms with Gasteiger partial charge in [0.25, 0.3) is 0 Å². The molecule has 21 heavy (non-hydrogen) atoms. The van der Waals surface area contributed by atoms with Crippen LogP contribution in [0.4, 0.5) is 5.82 Å². The van der Waals surface area contributed by atoms with Gasteiger partial charge in [-0.2, -0.15) is 0 Å². The van der Waals surface area contributed by atoms with Crippen LogP contribution in [0.5, 0.6) is 0 Å². The van der Waals surface area contributed by atoms with Gasteiger partial charge in [-0.15, -0.1) is 11.6 Å².